The van der Waals surface area contributed by atoms with E-state index in [0.29, 0.717) is 29.3 Å². The number of aryl methyl sites for hydroxylation is 1. The first kappa shape index (κ1) is 70.2. The Morgan fingerprint density at radius 3 is 2.08 bits per heavy atom. The number of nitrogens with zero attached hydrogens (tertiary/aromatic N) is 6. The number of hydrogen-bond acceptors (Lipinski definition) is 6. The third-order valence-electron chi connectivity index (χ3n) is 14.2. The number of unbranched alkanes of at least 4 members (excludes halogenated alkanes) is 5. The Morgan fingerprint density at radius 2 is 1.49 bits per heavy atom. The molecule has 6 nitrogen and oxygen atoms in total. The van der Waals surface area contributed by atoms with Gasteiger partial charge >= 0.3 is 0 Å². The topological polar surface area (TPSA) is 29.1 Å². The maximum atomic E-state index is 17.0. The van der Waals surface area contributed by atoms with Crippen molar-refractivity contribution >= 4 is 45.5 Å². The average Bonchev–Trinajstić information content (AvgIpc) is 3.64. The van der Waals surface area contributed by atoms with E-state index in [-0.39, 0.29) is 34.1 Å². The molecule has 2 atom stereocenters. The Kier molecular flexibility index (Phi) is 36.1. The molecule has 0 bridgehead atoms. The third kappa shape index (κ3) is 20.8. The maximum Gasteiger partial charge on any atom is 0.158 e. The second kappa shape index (κ2) is 39.6. The molecule has 6 rings (SSSR count). The van der Waals surface area contributed by atoms with Gasteiger partial charge in [-0.15, -0.1) is 26.3 Å². The van der Waals surface area contributed by atoms with Gasteiger partial charge in [0.1, 0.15) is 11.3 Å². The minimum absolute atomic E-state index is 0.0176. The van der Waals surface area contributed by atoms with E-state index in [2.05, 4.69) is 115 Å². The minimum Gasteiger partial charge on any atom is -0.375 e. The van der Waals surface area contributed by atoms with Gasteiger partial charge in [0.05, 0.1) is 35.1 Å². The molecule has 0 amide bonds. The standard InChI is InChI=1S/C56H73ClF2N6.C4H8.4C2H6/c1-10-14-25-44(12-3)63(9)39-48-41(11-2)34-40(5)35-46(48)42-27-30-64(31-28-42)29-22-18-16-15-17-19-23-43-24-20-21-26-50(58)52(43)53-49(57)36-47-55(54(53)59)60-37-51(61(6)7)56(47)65-33-32-62(8)38-45(65)13-4;1-3-4-2;4*1-2/h10-13,24,34-37,42,44-45H,1-4,14-19,22-23,25-33,38-39H2,5-9H3;3H,1,4H2,2H3;4*1-2H3. The third-order valence-corrected chi connectivity index (χ3v) is 14.5. The van der Waals surface area contributed by atoms with Crippen molar-refractivity contribution in [2.45, 2.75) is 177 Å². The van der Waals surface area contributed by atoms with Crippen LogP contribution >= 0.6 is 11.6 Å². The molecule has 2 fully saturated rings. The van der Waals surface area contributed by atoms with Crippen molar-refractivity contribution in [2.24, 2.45) is 0 Å². The number of pyridine rings is 1. The predicted octanol–water partition coefficient (Wildman–Crippen LogP) is 18.6. The molecule has 3 heterocycles. The van der Waals surface area contributed by atoms with Gasteiger partial charge in [0.25, 0.3) is 0 Å². The molecule has 2 aliphatic heterocycles. The summed E-state index contributed by atoms with van der Waals surface area (Å²) in [5.74, 6) is 5.41. The van der Waals surface area contributed by atoms with Crippen LogP contribution in [0.4, 0.5) is 20.2 Å². The first-order chi connectivity index (χ1) is 37.3. The molecule has 0 N–H and O–H groups in total. The Labute approximate surface area is 475 Å². The number of aromatic nitrogens is 1. The number of rotatable bonds is 23. The second-order valence-corrected chi connectivity index (χ2v) is 19.8. The molecule has 2 saturated heterocycles. The zero-order chi connectivity index (χ0) is 58.0. The van der Waals surface area contributed by atoms with Crippen LogP contribution in [0, 0.1) is 24.6 Å². The van der Waals surface area contributed by atoms with E-state index in [9.17, 15) is 0 Å². The SMILES string of the molecule is C=CCC.C=CCCC(C=C)N(C)Cc1c(C=C)cc(C)cc1C1CCN(CCCCCCCCC2=CC#CCC(F)=C2c2c(Cl)cc3c(N4CCN(C)CC4C=C)c(N(C)C)cnc3c2F)CC1.CC.CC.CC.CC. The Bertz CT molecular complexity index is 2380. The van der Waals surface area contributed by atoms with Crippen LogP contribution in [-0.4, -0.2) is 99.2 Å². The Balaban J connectivity index is 0.00000228. The van der Waals surface area contributed by atoms with Gasteiger partial charge in [0.15, 0.2) is 5.82 Å². The van der Waals surface area contributed by atoms with E-state index < -0.39 is 11.6 Å². The maximum absolute atomic E-state index is 17.0. The lowest BCUT2D eigenvalue weighted by molar-refractivity contribution is 0.206. The quantitative estimate of drug-likeness (QED) is 0.0534. The Morgan fingerprint density at radius 1 is 0.857 bits per heavy atom. The number of piperidine rings is 1. The van der Waals surface area contributed by atoms with Crippen molar-refractivity contribution in [2.75, 3.05) is 77.3 Å². The molecule has 1 aliphatic carbocycles. The van der Waals surface area contributed by atoms with E-state index >= 15 is 8.78 Å². The summed E-state index contributed by atoms with van der Waals surface area (Å²) in [5.41, 5.74) is 8.34. The monoisotopic (exact) mass is 1080 g/mol. The molecule has 77 heavy (non-hydrogen) atoms. The van der Waals surface area contributed by atoms with E-state index in [1.54, 1.807) is 18.3 Å². The lowest BCUT2D eigenvalue weighted by atomic mass is 9.83. The number of fused-ring (bicyclic) bond motifs is 1. The molecule has 9 heteroatoms. The molecule has 0 radical (unpaired) electrons. The van der Waals surface area contributed by atoms with Crippen LogP contribution in [0.5, 0.6) is 0 Å². The lowest BCUT2D eigenvalue weighted by Crippen LogP contribution is -2.51. The minimum atomic E-state index is -0.604. The van der Waals surface area contributed by atoms with E-state index in [1.807, 2.05) is 98.7 Å². The van der Waals surface area contributed by atoms with Crippen LogP contribution in [0.2, 0.25) is 5.02 Å². The lowest BCUT2D eigenvalue weighted by Gasteiger charge is -2.42. The van der Waals surface area contributed by atoms with Gasteiger partial charge in [0.2, 0.25) is 0 Å². The molecular weight excluding hydrogens is 974 g/mol. The molecule has 3 aromatic rings. The summed E-state index contributed by atoms with van der Waals surface area (Å²) in [6.07, 6.45) is 25.8. The summed E-state index contributed by atoms with van der Waals surface area (Å²) in [4.78, 5) is 16.2. The van der Waals surface area contributed by atoms with Gasteiger partial charge in [-0.25, -0.2) is 8.78 Å². The normalized spacial score (nSPS) is 15.8. The molecule has 2 unspecified atom stereocenters. The van der Waals surface area contributed by atoms with Crippen molar-refractivity contribution in [1.82, 2.24) is 19.7 Å². The molecule has 3 aliphatic rings. The number of likely N-dealkylation sites (N-methyl/N-ethyl adjacent to an activating group) is 2. The molecule has 0 saturated carbocycles. The summed E-state index contributed by atoms with van der Waals surface area (Å²) in [6, 6.07) is 6.81. The smallest absolute Gasteiger partial charge is 0.158 e. The van der Waals surface area contributed by atoms with Crippen LogP contribution < -0.4 is 9.80 Å². The van der Waals surface area contributed by atoms with E-state index in [4.69, 9.17) is 11.6 Å². The predicted molar refractivity (Wildman–Crippen MR) is 341 cm³/mol. The number of allylic oxidation sites excluding steroid dienone is 6. The van der Waals surface area contributed by atoms with Crippen LogP contribution in [-0.2, 0) is 6.54 Å². The first-order valence-corrected chi connectivity index (χ1v) is 29.8. The van der Waals surface area contributed by atoms with Crippen LogP contribution in [0.3, 0.4) is 0 Å². The molecule has 428 valence electrons. The molecule has 2 aromatic carbocycles. The highest BCUT2D eigenvalue weighted by Gasteiger charge is 2.31. The second-order valence-electron chi connectivity index (χ2n) is 19.4. The fourth-order valence-corrected chi connectivity index (χ4v) is 10.5. The highest BCUT2D eigenvalue weighted by Crippen LogP contribution is 2.45. The summed E-state index contributed by atoms with van der Waals surface area (Å²) in [5, 5.41) is 0.775. The van der Waals surface area contributed by atoms with Gasteiger partial charge in [0, 0.05) is 62.8 Å². The summed E-state index contributed by atoms with van der Waals surface area (Å²) in [7, 11) is 8.22. The van der Waals surface area contributed by atoms with E-state index in [1.165, 1.54) is 47.9 Å². The first-order valence-electron chi connectivity index (χ1n) is 29.5. The summed E-state index contributed by atoms with van der Waals surface area (Å²) >= 11 is 7.04. The van der Waals surface area contributed by atoms with Crippen molar-refractivity contribution in [1.29, 1.82) is 0 Å². The summed E-state index contributed by atoms with van der Waals surface area (Å²) < 4.78 is 33.1. The molecular formula is C68H105ClF2N6. The van der Waals surface area contributed by atoms with Gasteiger partial charge in [-0.3, -0.25) is 9.88 Å². The van der Waals surface area contributed by atoms with Crippen molar-refractivity contribution in [3.05, 3.63) is 138 Å². The number of likely N-dealkylation sites (tertiary alicyclic amines) is 1. The number of piperazine rings is 1. The number of anilines is 2. The van der Waals surface area contributed by atoms with Crippen LogP contribution in [0.1, 0.15) is 180 Å². The van der Waals surface area contributed by atoms with Crippen LogP contribution in [0.25, 0.3) is 22.6 Å². The number of halogens is 3. The zero-order valence-electron chi connectivity index (χ0n) is 51.0. The molecule has 0 spiro atoms. The van der Waals surface area contributed by atoms with Gasteiger partial charge in [-0.1, -0.05) is 166 Å². The highest BCUT2D eigenvalue weighted by molar-refractivity contribution is 6.34. The molecule has 1 aromatic heterocycles. The average molecular weight is 1080 g/mol. The highest BCUT2D eigenvalue weighted by atomic mass is 35.5. The summed E-state index contributed by atoms with van der Waals surface area (Å²) in [6.45, 7) is 46.7. The number of benzene rings is 2. The van der Waals surface area contributed by atoms with Crippen molar-refractivity contribution in [3.63, 3.8) is 0 Å². The fourth-order valence-electron chi connectivity index (χ4n) is 10.2. The zero-order valence-corrected chi connectivity index (χ0v) is 51.8. The largest absolute Gasteiger partial charge is 0.375 e. The number of hydrogen-bond donors (Lipinski definition) is 0. The Hall–Kier alpha value is -4.78. The van der Waals surface area contributed by atoms with Gasteiger partial charge in [-0.05, 0) is 132 Å². The van der Waals surface area contributed by atoms with E-state index in [0.717, 1.165) is 102 Å². The van der Waals surface area contributed by atoms with Gasteiger partial charge in [-0.2, -0.15) is 0 Å². The van der Waals surface area contributed by atoms with Crippen molar-refractivity contribution in [3.8, 4) is 11.8 Å². The van der Waals surface area contributed by atoms with Crippen LogP contribution in [0.15, 0.2) is 99.1 Å². The fraction of sp³-hybridized carbons (Fsp3) is 0.544. The van der Waals surface area contributed by atoms with Gasteiger partial charge < -0.3 is 19.6 Å². The van der Waals surface area contributed by atoms with Crippen molar-refractivity contribution < 1.29 is 8.78 Å².